The molecule has 0 aliphatic carbocycles. The number of nitrogens with one attached hydrogen (secondary N) is 1. The van der Waals surface area contributed by atoms with Crippen LogP contribution in [0.1, 0.15) is 37.1 Å². The first kappa shape index (κ1) is 13.8. The molecule has 1 aromatic carbocycles. The second kappa shape index (κ2) is 6.53. The Morgan fingerprint density at radius 3 is 2.79 bits per heavy atom. The number of aromatic nitrogens is 2. The van der Waals surface area contributed by atoms with E-state index in [1.807, 2.05) is 6.20 Å². The summed E-state index contributed by atoms with van der Waals surface area (Å²) in [6.45, 7) is 8.44. The Labute approximate surface area is 115 Å². The molecule has 1 N–H and O–H groups in total. The van der Waals surface area contributed by atoms with Crippen molar-refractivity contribution in [1.29, 1.82) is 0 Å². The minimum atomic E-state index is 0.906. The largest absolute Gasteiger partial charge is 0.313 e. The zero-order valence-corrected chi connectivity index (χ0v) is 12.1. The van der Waals surface area contributed by atoms with Crippen LogP contribution in [0.3, 0.4) is 0 Å². The summed E-state index contributed by atoms with van der Waals surface area (Å²) in [5.74, 6) is 0. The van der Waals surface area contributed by atoms with Gasteiger partial charge in [0.05, 0.1) is 11.9 Å². The summed E-state index contributed by atoms with van der Waals surface area (Å²) >= 11 is 0. The SMILES string of the molecule is CCCNCc1cnn(-c2cccc(C)c2)c1CC. The van der Waals surface area contributed by atoms with E-state index in [-0.39, 0.29) is 0 Å². The maximum atomic E-state index is 4.55. The molecule has 19 heavy (non-hydrogen) atoms. The lowest BCUT2D eigenvalue weighted by Crippen LogP contribution is -2.15. The van der Waals surface area contributed by atoms with E-state index in [9.17, 15) is 0 Å². The van der Waals surface area contributed by atoms with Gasteiger partial charge in [-0.25, -0.2) is 4.68 Å². The second-order valence-electron chi connectivity index (χ2n) is 4.90. The summed E-state index contributed by atoms with van der Waals surface area (Å²) < 4.78 is 2.07. The molecule has 1 aromatic heterocycles. The molecule has 0 saturated carbocycles. The molecule has 0 saturated heterocycles. The summed E-state index contributed by atoms with van der Waals surface area (Å²) in [4.78, 5) is 0. The Kier molecular flexibility index (Phi) is 4.74. The smallest absolute Gasteiger partial charge is 0.0651 e. The number of benzene rings is 1. The highest BCUT2D eigenvalue weighted by Crippen LogP contribution is 2.16. The molecule has 102 valence electrons. The summed E-state index contributed by atoms with van der Waals surface area (Å²) in [5, 5.41) is 8.00. The molecule has 2 aromatic rings. The maximum Gasteiger partial charge on any atom is 0.0651 e. The summed E-state index contributed by atoms with van der Waals surface area (Å²) in [7, 11) is 0. The van der Waals surface area contributed by atoms with Gasteiger partial charge in [-0.2, -0.15) is 5.10 Å². The first-order chi connectivity index (χ1) is 9.26. The fourth-order valence-corrected chi connectivity index (χ4v) is 2.31. The van der Waals surface area contributed by atoms with Crippen molar-refractivity contribution < 1.29 is 0 Å². The van der Waals surface area contributed by atoms with E-state index in [1.165, 1.54) is 16.8 Å². The van der Waals surface area contributed by atoms with Gasteiger partial charge in [0.25, 0.3) is 0 Å². The van der Waals surface area contributed by atoms with Gasteiger partial charge in [-0.1, -0.05) is 26.0 Å². The molecule has 0 unspecified atom stereocenters. The molecular weight excluding hydrogens is 234 g/mol. The predicted octanol–water partition coefficient (Wildman–Crippen LogP) is 3.24. The van der Waals surface area contributed by atoms with Gasteiger partial charge in [0.15, 0.2) is 0 Å². The van der Waals surface area contributed by atoms with E-state index in [0.29, 0.717) is 0 Å². The van der Waals surface area contributed by atoms with Crippen LogP contribution in [-0.4, -0.2) is 16.3 Å². The maximum absolute atomic E-state index is 4.55. The molecule has 1 heterocycles. The lowest BCUT2D eigenvalue weighted by atomic mass is 10.2. The molecule has 0 radical (unpaired) electrons. The summed E-state index contributed by atoms with van der Waals surface area (Å²) in [5.41, 5.74) is 5.02. The van der Waals surface area contributed by atoms with E-state index in [2.05, 4.69) is 60.1 Å². The number of nitrogens with zero attached hydrogens (tertiary/aromatic N) is 2. The number of aryl methyl sites for hydroxylation is 1. The fraction of sp³-hybridized carbons (Fsp3) is 0.438. The molecule has 0 amide bonds. The lowest BCUT2D eigenvalue weighted by Gasteiger charge is -2.09. The quantitative estimate of drug-likeness (QED) is 0.805. The van der Waals surface area contributed by atoms with Gasteiger partial charge >= 0.3 is 0 Å². The molecule has 0 aliphatic heterocycles. The second-order valence-corrected chi connectivity index (χ2v) is 4.90. The van der Waals surface area contributed by atoms with Gasteiger partial charge in [0, 0.05) is 17.8 Å². The average Bonchev–Trinajstić information content (AvgIpc) is 2.82. The Morgan fingerprint density at radius 2 is 2.11 bits per heavy atom. The minimum Gasteiger partial charge on any atom is -0.313 e. The lowest BCUT2D eigenvalue weighted by molar-refractivity contribution is 0.669. The van der Waals surface area contributed by atoms with Crippen LogP contribution in [0.4, 0.5) is 0 Å². The summed E-state index contributed by atoms with van der Waals surface area (Å²) in [6.07, 6.45) is 4.15. The van der Waals surface area contributed by atoms with Crippen molar-refractivity contribution in [3.8, 4) is 5.69 Å². The van der Waals surface area contributed by atoms with Crippen LogP contribution in [0.5, 0.6) is 0 Å². The molecule has 3 nitrogen and oxygen atoms in total. The molecule has 0 spiro atoms. The van der Waals surface area contributed by atoms with Crippen LogP contribution in [-0.2, 0) is 13.0 Å². The molecule has 0 aliphatic rings. The number of hydrogen-bond acceptors (Lipinski definition) is 2. The number of rotatable bonds is 6. The van der Waals surface area contributed by atoms with Crippen molar-refractivity contribution in [2.24, 2.45) is 0 Å². The van der Waals surface area contributed by atoms with Crippen LogP contribution >= 0.6 is 0 Å². The highest BCUT2D eigenvalue weighted by atomic mass is 15.3. The van der Waals surface area contributed by atoms with Crippen molar-refractivity contribution in [3.05, 3.63) is 47.3 Å². The average molecular weight is 257 g/mol. The Bertz CT molecular complexity index is 529. The van der Waals surface area contributed by atoms with Gasteiger partial charge in [-0.3, -0.25) is 0 Å². The standard InChI is InChI=1S/C16H23N3/c1-4-9-17-11-14-12-18-19(16(14)5-2)15-8-6-7-13(3)10-15/h6-8,10,12,17H,4-5,9,11H2,1-3H3. The first-order valence-electron chi connectivity index (χ1n) is 7.09. The van der Waals surface area contributed by atoms with E-state index in [4.69, 9.17) is 0 Å². The molecular formula is C16H23N3. The highest BCUT2D eigenvalue weighted by molar-refractivity contribution is 5.38. The van der Waals surface area contributed by atoms with Crippen LogP contribution < -0.4 is 5.32 Å². The third-order valence-electron chi connectivity index (χ3n) is 3.28. The van der Waals surface area contributed by atoms with Crippen LogP contribution in [0.25, 0.3) is 5.69 Å². The van der Waals surface area contributed by atoms with E-state index >= 15 is 0 Å². The zero-order valence-electron chi connectivity index (χ0n) is 12.1. The molecule has 0 bridgehead atoms. The minimum absolute atomic E-state index is 0.906. The third kappa shape index (κ3) is 3.24. The fourth-order valence-electron chi connectivity index (χ4n) is 2.31. The zero-order chi connectivity index (χ0) is 13.7. The molecule has 2 rings (SSSR count). The van der Waals surface area contributed by atoms with Crippen LogP contribution in [0, 0.1) is 6.92 Å². The van der Waals surface area contributed by atoms with Crippen molar-refractivity contribution in [3.63, 3.8) is 0 Å². The predicted molar refractivity (Wildman–Crippen MR) is 79.7 cm³/mol. The molecule has 3 heteroatoms. The van der Waals surface area contributed by atoms with Gasteiger partial charge in [0.2, 0.25) is 0 Å². The normalized spacial score (nSPS) is 10.9. The Morgan fingerprint density at radius 1 is 1.26 bits per heavy atom. The summed E-state index contributed by atoms with van der Waals surface area (Å²) in [6, 6.07) is 8.49. The van der Waals surface area contributed by atoms with E-state index < -0.39 is 0 Å². The third-order valence-corrected chi connectivity index (χ3v) is 3.28. The van der Waals surface area contributed by atoms with Gasteiger partial charge in [0.1, 0.15) is 0 Å². The van der Waals surface area contributed by atoms with Crippen molar-refractivity contribution in [1.82, 2.24) is 15.1 Å². The van der Waals surface area contributed by atoms with Gasteiger partial charge < -0.3 is 5.32 Å². The molecule has 0 atom stereocenters. The highest BCUT2D eigenvalue weighted by Gasteiger charge is 2.10. The van der Waals surface area contributed by atoms with Gasteiger partial charge in [-0.05, 0) is 44.0 Å². The van der Waals surface area contributed by atoms with Crippen LogP contribution in [0.15, 0.2) is 30.5 Å². The van der Waals surface area contributed by atoms with E-state index in [1.54, 1.807) is 0 Å². The number of hydrogen-bond donors (Lipinski definition) is 1. The van der Waals surface area contributed by atoms with Gasteiger partial charge in [-0.15, -0.1) is 0 Å². The van der Waals surface area contributed by atoms with Crippen LogP contribution in [0.2, 0.25) is 0 Å². The molecule has 0 fully saturated rings. The van der Waals surface area contributed by atoms with Crippen molar-refractivity contribution >= 4 is 0 Å². The van der Waals surface area contributed by atoms with Crippen molar-refractivity contribution in [2.45, 2.75) is 40.2 Å². The van der Waals surface area contributed by atoms with E-state index in [0.717, 1.165) is 31.6 Å². The monoisotopic (exact) mass is 257 g/mol. The van der Waals surface area contributed by atoms with Crippen molar-refractivity contribution in [2.75, 3.05) is 6.54 Å². The topological polar surface area (TPSA) is 29.9 Å². The Balaban J connectivity index is 2.26. The Hall–Kier alpha value is -1.61. The first-order valence-corrected chi connectivity index (χ1v) is 7.09.